The predicted molar refractivity (Wildman–Crippen MR) is 130 cm³/mol. The van der Waals surface area contributed by atoms with Crippen molar-refractivity contribution in [3.05, 3.63) is 88.7 Å². The SMILES string of the molecule is Cc1ccccc1OCCn1c(C2CC(=O)N(c3ccccc3Br)C2)nc2ccccc21. The molecule has 6 heteroatoms. The molecule has 1 saturated heterocycles. The Morgan fingerprint density at radius 1 is 1.03 bits per heavy atom. The van der Waals surface area contributed by atoms with Crippen LogP contribution in [0.15, 0.2) is 77.3 Å². The maximum absolute atomic E-state index is 12.9. The standard InChI is InChI=1S/C26H24BrN3O2/c1-18-8-2-7-13-24(18)32-15-14-29-23-12-6-4-10-21(23)28-26(29)19-16-25(31)30(17-19)22-11-5-3-9-20(22)27/h2-13,19H,14-17H2,1H3. The van der Waals surface area contributed by atoms with E-state index in [9.17, 15) is 4.79 Å². The lowest BCUT2D eigenvalue weighted by Crippen LogP contribution is -2.25. The number of nitrogens with zero attached hydrogens (tertiary/aromatic N) is 3. The number of benzene rings is 3. The van der Waals surface area contributed by atoms with Gasteiger partial charge in [0.1, 0.15) is 18.2 Å². The summed E-state index contributed by atoms with van der Waals surface area (Å²) >= 11 is 3.58. The number of fused-ring (bicyclic) bond motifs is 1. The van der Waals surface area contributed by atoms with Crippen molar-refractivity contribution < 1.29 is 9.53 Å². The Hall–Kier alpha value is -3.12. The molecule has 5 rings (SSSR count). The molecular formula is C26H24BrN3O2. The normalized spacial score (nSPS) is 16.1. The molecule has 1 aliphatic heterocycles. The van der Waals surface area contributed by atoms with Gasteiger partial charge in [0, 0.05) is 23.4 Å². The van der Waals surface area contributed by atoms with E-state index in [2.05, 4.69) is 26.6 Å². The van der Waals surface area contributed by atoms with E-state index >= 15 is 0 Å². The second kappa shape index (κ2) is 8.79. The molecule has 4 aromatic rings. The molecule has 1 unspecified atom stereocenters. The maximum atomic E-state index is 12.9. The van der Waals surface area contributed by atoms with Crippen molar-refractivity contribution in [3.8, 4) is 5.75 Å². The fourth-order valence-electron chi connectivity index (χ4n) is 4.39. The van der Waals surface area contributed by atoms with Crippen LogP contribution < -0.4 is 9.64 Å². The number of carbonyl (C=O) groups excluding carboxylic acids is 1. The number of halogens is 1. The van der Waals surface area contributed by atoms with Crippen LogP contribution in [-0.2, 0) is 11.3 Å². The Morgan fingerprint density at radius 2 is 1.78 bits per heavy atom. The molecule has 0 spiro atoms. The zero-order valence-electron chi connectivity index (χ0n) is 17.9. The third kappa shape index (κ3) is 3.91. The van der Waals surface area contributed by atoms with Gasteiger partial charge in [-0.25, -0.2) is 4.98 Å². The van der Waals surface area contributed by atoms with Crippen LogP contribution in [0.2, 0.25) is 0 Å². The van der Waals surface area contributed by atoms with Crippen molar-refractivity contribution >= 4 is 38.6 Å². The molecule has 0 saturated carbocycles. The van der Waals surface area contributed by atoms with Crippen molar-refractivity contribution in [2.45, 2.75) is 25.8 Å². The molecule has 1 fully saturated rings. The molecule has 5 nitrogen and oxygen atoms in total. The van der Waals surface area contributed by atoms with Crippen LogP contribution in [0.3, 0.4) is 0 Å². The largest absolute Gasteiger partial charge is 0.491 e. The average Bonchev–Trinajstić information content (AvgIpc) is 3.36. The number of amides is 1. The van der Waals surface area contributed by atoms with Gasteiger partial charge in [-0.1, -0.05) is 42.5 Å². The molecule has 2 heterocycles. The number of hydrogen-bond donors (Lipinski definition) is 0. The summed E-state index contributed by atoms with van der Waals surface area (Å²) < 4.78 is 9.21. The van der Waals surface area contributed by atoms with Gasteiger partial charge in [0.2, 0.25) is 5.91 Å². The molecule has 32 heavy (non-hydrogen) atoms. The molecule has 1 aromatic heterocycles. The monoisotopic (exact) mass is 489 g/mol. The lowest BCUT2D eigenvalue weighted by molar-refractivity contribution is -0.117. The minimum Gasteiger partial charge on any atom is -0.491 e. The average molecular weight is 490 g/mol. The van der Waals surface area contributed by atoms with Crippen LogP contribution in [0.1, 0.15) is 23.7 Å². The molecule has 1 amide bonds. The van der Waals surface area contributed by atoms with Crippen molar-refractivity contribution in [1.29, 1.82) is 0 Å². The van der Waals surface area contributed by atoms with E-state index in [0.717, 1.165) is 38.3 Å². The van der Waals surface area contributed by atoms with E-state index in [1.54, 1.807) is 0 Å². The number of aromatic nitrogens is 2. The highest BCUT2D eigenvalue weighted by Gasteiger charge is 2.35. The summed E-state index contributed by atoms with van der Waals surface area (Å²) in [5.74, 6) is 1.99. The highest BCUT2D eigenvalue weighted by Crippen LogP contribution is 2.36. The summed E-state index contributed by atoms with van der Waals surface area (Å²) in [7, 11) is 0. The Kier molecular flexibility index (Phi) is 5.70. The Morgan fingerprint density at radius 3 is 2.62 bits per heavy atom. The predicted octanol–water partition coefficient (Wildman–Crippen LogP) is 5.71. The van der Waals surface area contributed by atoms with Crippen molar-refractivity contribution in [1.82, 2.24) is 9.55 Å². The fourth-order valence-corrected chi connectivity index (χ4v) is 4.89. The highest BCUT2D eigenvalue weighted by molar-refractivity contribution is 9.10. The summed E-state index contributed by atoms with van der Waals surface area (Å²) in [6, 6.07) is 24.0. The van der Waals surface area contributed by atoms with E-state index in [1.807, 2.05) is 78.6 Å². The Labute approximate surface area is 195 Å². The van der Waals surface area contributed by atoms with Gasteiger partial charge in [-0.3, -0.25) is 4.79 Å². The van der Waals surface area contributed by atoms with Crippen LogP contribution in [0.5, 0.6) is 5.75 Å². The molecule has 3 aromatic carbocycles. The molecule has 1 atom stereocenters. The minimum atomic E-state index is 0.0282. The summed E-state index contributed by atoms with van der Waals surface area (Å²) in [6.45, 7) is 3.87. The van der Waals surface area contributed by atoms with Crippen molar-refractivity contribution in [2.75, 3.05) is 18.1 Å². The van der Waals surface area contributed by atoms with Gasteiger partial charge in [-0.05, 0) is 58.7 Å². The van der Waals surface area contributed by atoms with Crippen molar-refractivity contribution in [2.24, 2.45) is 0 Å². The third-order valence-electron chi connectivity index (χ3n) is 5.98. The van der Waals surface area contributed by atoms with Crippen LogP contribution in [0.25, 0.3) is 11.0 Å². The summed E-state index contributed by atoms with van der Waals surface area (Å²) in [5.41, 5.74) is 4.05. The first-order valence-electron chi connectivity index (χ1n) is 10.8. The van der Waals surface area contributed by atoms with Crippen LogP contribution in [-0.4, -0.2) is 28.6 Å². The number of hydrogen-bond acceptors (Lipinski definition) is 3. The third-order valence-corrected chi connectivity index (χ3v) is 6.65. The summed E-state index contributed by atoms with van der Waals surface area (Å²) in [6.07, 6.45) is 0.448. The molecule has 0 N–H and O–H groups in total. The van der Waals surface area contributed by atoms with E-state index in [1.165, 1.54) is 0 Å². The first-order chi connectivity index (χ1) is 15.6. The maximum Gasteiger partial charge on any atom is 0.227 e. The number of ether oxygens (including phenoxy) is 1. The second-order valence-corrected chi connectivity index (χ2v) is 8.94. The summed E-state index contributed by atoms with van der Waals surface area (Å²) in [4.78, 5) is 19.7. The number of aryl methyl sites for hydroxylation is 1. The van der Waals surface area contributed by atoms with Gasteiger partial charge in [0.25, 0.3) is 0 Å². The van der Waals surface area contributed by atoms with Gasteiger partial charge >= 0.3 is 0 Å². The number of rotatable bonds is 6. The second-order valence-electron chi connectivity index (χ2n) is 8.08. The lowest BCUT2D eigenvalue weighted by atomic mass is 10.1. The molecule has 0 radical (unpaired) electrons. The van der Waals surface area contributed by atoms with Crippen LogP contribution in [0, 0.1) is 6.92 Å². The van der Waals surface area contributed by atoms with Crippen LogP contribution in [0.4, 0.5) is 5.69 Å². The summed E-state index contributed by atoms with van der Waals surface area (Å²) in [5, 5.41) is 0. The van der Waals surface area contributed by atoms with Crippen molar-refractivity contribution in [3.63, 3.8) is 0 Å². The van der Waals surface area contributed by atoms with E-state index < -0.39 is 0 Å². The van der Waals surface area contributed by atoms with E-state index in [4.69, 9.17) is 9.72 Å². The fraction of sp³-hybridized carbons (Fsp3) is 0.231. The van der Waals surface area contributed by atoms with Gasteiger partial charge < -0.3 is 14.2 Å². The van der Waals surface area contributed by atoms with E-state index in [-0.39, 0.29) is 11.8 Å². The quantitative estimate of drug-likeness (QED) is 0.348. The van der Waals surface area contributed by atoms with Crippen LogP contribution >= 0.6 is 15.9 Å². The van der Waals surface area contributed by atoms with Gasteiger partial charge in [-0.2, -0.15) is 0 Å². The first-order valence-corrected chi connectivity index (χ1v) is 11.6. The molecule has 0 bridgehead atoms. The van der Waals surface area contributed by atoms with Gasteiger partial charge in [0.05, 0.1) is 23.3 Å². The number of anilines is 1. The Balaban J connectivity index is 1.42. The van der Waals surface area contributed by atoms with E-state index in [0.29, 0.717) is 26.1 Å². The highest BCUT2D eigenvalue weighted by atomic mass is 79.9. The lowest BCUT2D eigenvalue weighted by Gasteiger charge is -2.19. The molecule has 162 valence electrons. The van der Waals surface area contributed by atoms with Gasteiger partial charge in [0.15, 0.2) is 0 Å². The zero-order valence-corrected chi connectivity index (χ0v) is 19.5. The Bertz CT molecular complexity index is 1280. The molecule has 1 aliphatic rings. The van der Waals surface area contributed by atoms with Gasteiger partial charge in [-0.15, -0.1) is 0 Å². The number of carbonyl (C=O) groups is 1. The molecular weight excluding hydrogens is 466 g/mol. The number of imidazole rings is 1. The topological polar surface area (TPSA) is 47.4 Å². The molecule has 0 aliphatic carbocycles. The minimum absolute atomic E-state index is 0.0282. The first kappa shape index (κ1) is 20.8. The zero-order chi connectivity index (χ0) is 22.1. The smallest absolute Gasteiger partial charge is 0.227 e. The number of para-hydroxylation sites is 4.